The molecule has 1 fully saturated rings. The largest absolute Gasteiger partial charge is 0.389 e. The molecule has 0 amide bonds. The Hall–Kier alpha value is -0.410. The summed E-state index contributed by atoms with van der Waals surface area (Å²) in [4.78, 5) is 10.3. The van der Waals surface area contributed by atoms with Crippen molar-refractivity contribution in [3.8, 4) is 0 Å². The fraction of sp³-hybridized carbons (Fsp3) is 0.889. The van der Waals surface area contributed by atoms with Crippen LogP contribution in [0.2, 0.25) is 0 Å². The van der Waals surface area contributed by atoms with Crippen molar-refractivity contribution in [1.82, 2.24) is 0 Å². The van der Waals surface area contributed by atoms with Gasteiger partial charge in [-0.25, -0.2) is 0 Å². The molecule has 70 valence electrons. The molecule has 3 heteroatoms. The van der Waals surface area contributed by atoms with Crippen LogP contribution in [0.25, 0.3) is 0 Å². The highest BCUT2D eigenvalue weighted by molar-refractivity contribution is 5.51. The van der Waals surface area contributed by atoms with Crippen LogP contribution >= 0.6 is 0 Å². The zero-order valence-corrected chi connectivity index (χ0v) is 7.45. The SMILES string of the molecule is CC(O)(CC=O)C1CCOCC1. The second kappa shape index (κ2) is 4.01. The Labute approximate surface area is 72.7 Å². The number of aldehydes is 1. The lowest BCUT2D eigenvalue weighted by atomic mass is 9.81. The van der Waals surface area contributed by atoms with E-state index >= 15 is 0 Å². The van der Waals surface area contributed by atoms with Crippen molar-refractivity contribution in [1.29, 1.82) is 0 Å². The van der Waals surface area contributed by atoms with Crippen molar-refractivity contribution >= 4 is 6.29 Å². The van der Waals surface area contributed by atoms with E-state index in [0.29, 0.717) is 13.2 Å². The highest BCUT2D eigenvalue weighted by Gasteiger charge is 2.32. The number of hydrogen-bond donors (Lipinski definition) is 1. The summed E-state index contributed by atoms with van der Waals surface area (Å²) < 4.78 is 5.17. The highest BCUT2D eigenvalue weighted by atomic mass is 16.5. The van der Waals surface area contributed by atoms with Crippen LogP contribution in [0.1, 0.15) is 26.2 Å². The van der Waals surface area contributed by atoms with Gasteiger partial charge in [0, 0.05) is 19.6 Å². The average Bonchev–Trinajstić information content (AvgIpc) is 2.06. The zero-order chi connectivity index (χ0) is 9.03. The minimum absolute atomic E-state index is 0.219. The molecule has 0 bridgehead atoms. The number of carbonyl (C=O) groups excluding carboxylic acids is 1. The Morgan fingerprint density at radius 1 is 1.58 bits per heavy atom. The van der Waals surface area contributed by atoms with Gasteiger partial charge in [0.15, 0.2) is 0 Å². The maximum Gasteiger partial charge on any atom is 0.122 e. The van der Waals surface area contributed by atoms with E-state index in [1.807, 2.05) is 0 Å². The van der Waals surface area contributed by atoms with E-state index in [9.17, 15) is 9.90 Å². The molecule has 1 saturated heterocycles. The van der Waals surface area contributed by atoms with Crippen molar-refractivity contribution in [3.63, 3.8) is 0 Å². The van der Waals surface area contributed by atoms with Crippen LogP contribution in [-0.2, 0) is 9.53 Å². The fourth-order valence-corrected chi connectivity index (χ4v) is 1.65. The average molecular weight is 172 g/mol. The zero-order valence-electron chi connectivity index (χ0n) is 7.45. The van der Waals surface area contributed by atoms with Gasteiger partial charge in [0.25, 0.3) is 0 Å². The minimum Gasteiger partial charge on any atom is -0.389 e. The Bertz CT molecular complexity index is 148. The maximum atomic E-state index is 10.3. The summed E-state index contributed by atoms with van der Waals surface area (Å²) in [7, 11) is 0. The smallest absolute Gasteiger partial charge is 0.122 e. The van der Waals surface area contributed by atoms with Crippen LogP contribution in [0.3, 0.4) is 0 Å². The third-order valence-corrected chi connectivity index (χ3v) is 2.60. The Morgan fingerprint density at radius 3 is 2.67 bits per heavy atom. The van der Waals surface area contributed by atoms with Gasteiger partial charge < -0.3 is 14.6 Å². The summed E-state index contributed by atoms with van der Waals surface area (Å²) in [6, 6.07) is 0. The van der Waals surface area contributed by atoms with Gasteiger partial charge in [-0.3, -0.25) is 0 Å². The number of hydrogen-bond acceptors (Lipinski definition) is 3. The standard InChI is InChI=1S/C9H16O3/c1-9(11,4-5-10)8-2-6-12-7-3-8/h5,8,11H,2-4,6-7H2,1H3. The first-order valence-electron chi connectivity index (χ1n) is 4.40. The van der Waals surface area contributed by atoms with E-state index in [4.69, 9.17) is 4.74 Å². The number of ether oxygens (including phenoxy) is 1. The van der Waals surface area contributed by atoms with Crippen molar-refractivity contribution < 1.29 is 14.6 Å². The normalized spacial score (nSPS) is 24.8. The summed E-state index contributed by atoms with van der Waals surface area (Å²) in [6.45, 7) is 3.15. The van der Waals surface area contributed by atoms with E-state index in [1.54, 1.807) is 6.92 Å². The van der Waals surface area contributed by atoms with Gasteiger partial charge in [0.1, 0.15) is 6.29 Å². The first kappa shape index (κ1) is 9.68. The van der Waals surface area contributed by atoms with Crippen LogP contribution < -0.4 is 0 Å². The number of rotatable bonds is 3. The number of aliphatic hydroxyl groups is 1. The van der Waals surface area contributed by atoms with Gasteiger partial charge in [-0.2, -0.15) is 0 Å². The first-order chi connectivity index (χ1) is 5.67. The Kier molecular flexibility index (Phi) is 3.23. The van der Waals surface area contributed by atoms with E-state index < -0.39 is 5.60 Å². The Morgan fingerprint density at radius 2 is 2.17 bits per heavy atom. The van der Waals surface area contributed by atoms with Gasteiger partial charge in [0.2, 0.25) is 0 Å². The third-order valence-electron chi connectivity index (χ3n) is 2.60. The highest BCUT2D eigenvalue weighted by Crippen LogP contribution is 2.28. The predicted octanol–water partition coefficient (Wildman–Crippen LogP) is 0.753. The molecular formula is C9H16O3. The van der Waals surface area contributed by atoms with Gasteiger partial charge in [0.05, 0.1) is 5.60 Å². The van der Waals surface area contributed by atoms with Crippen molar-refractivity contribution in [2.24, 2.45) is 5.92 Å². The quantitative estimate of drug-likeness (QED) is 0.639. The summed E-state index contributed by atoms with van der Waals surface area (Å²) in [5, 5.41) is 9.85. The molecule has 12 heavy (non-hydrogen) atoms. The van der Waals surface area contributed by atoms with E-state index in [-0.39, 0.29) is 12.3 Å². The summed E-state index contributed by atoms with van der Waals surface area (Å²) in [6.07, 6.45) is 2.74. The molecule has 0 aliphatic carbocycles. The first-order valence-corrected chi connectivity index (χ1v) is 4.40. The minimum atomic E-state index is -0.828. The predicted molar refractivity (Wildman–Crippen MR) is 44.8 cm³/mol. The van der Waals surface area contributed by atoms with Gasteiger partial charge >= 0.3 is 0 Å². The third kappa shape index (κ3) is 2.29. The molecule has 1 unspecified atom stereocenters. The van der Waals surface area contributed by atoms with Crippen molar-refractivity contribution in [3.05, 3.63) is 0 Å². The van der Waals surface area contributed by atoms with Crippen LogP contribution in [0.15, 0.2) is 0 Å². The molecule has 1 atom stereocenters. The lowest BCUT2D eigenvalue weighted by Crippen LogP contribution is -2.38. The molecule has 0 spiro atoms. The molecule has 0 aromatic rings. The van der Waals surface area contributed by atoms with Crippen LogP contribution in [-0.4, -0.2) is 30.2 Å². The molecular weight excluding hydrogens is 156 g/mol. The monoisotopic (exact) mass is 172 g/mol. The van der Waals surface area contributed by atoms with Gasteiger partial charge in [-0.05, 0) is 25.7 Å². The van der Waals surface area contributed by atoms with Crippen LogP contribution in [0.4, 0.5) is 0 Å². The van der Waals surface area contributed by atoms with E-state index in [2.05, 4.69) is 0 Å². The lowest BCUT2D eigenvalue weighted by molar-refractivity contribution is -0.116. The molecule has 0 saturated carbocycles. The van der Waals surface area contributed by atoms with E-state index in [0.717, 1.165) is 19.1 Å². The van der Waals surface area contributed by atoms with Crippen LogP contribution in [0.5, 0.6) is 0 Å². The molecule has 1 aliphatic rings. The summed E-state index contributed by atoms with van der Waals surface area (Å²) >= 11 is 0. The fourth-order valence-electron chi connectivity index (χ4n) is 1.65. The summed E-state index contributed by atoms with van der Waals surface area (Å²) in [5.41, 5.74) is -0.828. The second-order valence-electron chi connectivity index (χ2n) is 3.61. The Balaban J connectivity index is 2.47. The molecule has 1 rings (SSSR count). The van der Waals surface area contributed by atoms with Gasteiger partial charge in [-0.15, -0.1) is 0 Å². The van der Waals surface area contributed by atoms with E-state index in [1.165, 1.54) is 0 Å². The molecule has 1 N–H and O–H groups in total. The second-order valence-corrected chi connectivity index (χ2v) is 3.61. The lowest BCUT2D eigenvalue weighted by Gasteiger charge is -2.34. The topological polar surface area (TPSA) is 46.5 Å². The molecule has 0 aromatic carbocycles. The maximum absolute atomic E-state index is 10.3. The van der Waals surface area contributed by atoms with Crippen LogP contribution in [0, 0.1) is 5.92 Å². The molecule has 3 nitrogen and oxygen atoms in total. The van der Waals surface area contributed by atoms with Gasteiger partial charge in [-0.1, -0.05) is 0 Å². The molecule has 0 aromatic heterocycles. The van der Waals surface area contributed by atoms with Crippen molar-refractivity contribution in [2.75, 3.05) is 13.2 Å². The number of carbonyl (C=O) groups is 1. The molecule has 0 radical (unpaired) electrons. The summed E-state index contributed by atoms with van der Waals surface area (Å²) in [5.74, 6) is 0.219. The van der Waals surface area contributed by atoms with Crippen molar-refractivity contribution in [2.45, 2.75) is 31.8 Å². The molecule has 1 heterocycles. The molecule has 1 aliphatic heterocycles.